The molecular formula is C14H13ClO2. The van der Waals surface area contributed by atoms with Crippen molar-refractivity contribution in [2.45, 2.75) is 12.7 Å². The van der Waals surface area contributed by atoms with E-state index in [1.807, 2.05) is 18.2 Å². The van der Waals surface area contributed by atoms with Crippen molar-refractivity contribution in [3.8, 4) is 0 Å². The van der Waals surface area contributed by atoms with E-state index in [9.17, 15) is 10.2 Å². The summed E-state index contributed by atoms with van der Waals surface area (Å²) in [5.74, 6) is 0. The highest BCUT2D eigenvalue weighted by Gasteiger charge is 2.13. The third kappa shape index (κ3) is 2.67. The average Bonchev–Trinajstić information content (AvgIpc) is 2.39. The number of benzene rings is 2. The van der Waals surface area contributed by atoms with Crippen molar-refractivity contribution in [3.05, 3.63) is 70.2 Å². The SMILES string of the molecule is OCc1ccccc1C(O)c1ccc(Cl)cc1. The van der Waals surface area contributed by atoms with Crippen LogP contribution in [0.5, 0.6) is 0 Å². The van der Waals surface area contributed by atoms with Gasteiger partial charge < -0.3 is 10.2 Å². The molecule has 0 bridgehead atoms. The van der Waals surface area contributed by atoms with E-state index in [0.29, 0.717) is 5.02 Å². The standard InChI is InChI=1S/C14H13ClO2/c15-12-7-5-10(6-8-12)14(17)13-4-2-1-3-11(13)9-16/h1-8,14,16-17H,9H2. The summed E-state index contributed by atoms with van der Waals surface area (Å²) < 4.78 is 0. The smallest absolute Gasteiger partial charge is 0.104 e. The molecule has 0 spiro atoms. The molecule has 1 unspecified atom stereocenters. The van der Waals surface area contributed by atoms with Gasteiger partial charge in [0.25, 0.3) is 0 Å². The lowest BCUT2D eigenvalue weighted by Gasteiger charge is -2.14. The van der Waals surface area contributed by atoms with E-state index in [0.717, 1.165) is 16.7 Å². The predicted octanol–water partition coefficient (Wildman–Crippen LogP) is 2.91. The van der Waals surface area contributed by atoms with Crippen molar-refractivity contribution in [2.75, 3.05) is 0 Å². The molecule has 17 heavy (non-hydrogen) atoms. The van der Waals surface area contributed by atoms with Gasteiger partial charge in [-0.1, -0.05) is 48.0 Å². The van der Waals surface area contributed by atoms with Gasteiger partial charge in [-0.05, 0) is 28.8 Å². The van der Waals surface area contributed by atoms with Crippen LogP contribution in [0.2, 0.25) is 5.02 Å². The average molecular weight is 249 g/mol. The van der Waals surface area contributed by atoms with Crippen LogP contribution >= 0.6 is 11.6 Å². The minimum Gasteiger partial charge on any atom is -0.392 e. The Morgan fingerprint density at radius 3 is 2.29 bits per heavy atom. The monoisotopic (exact) mass is 248 g/mol. The van der Waals surface area contributed by atoms with Gasteiger partial charge >= 0.3 is 0 Å². The van der Waals surface area contributed by atoms with Crippen molar-refractivity contribution in [2.24, 2.45) is 0 Å². The van der Waals surface area contributed by atoms with Crippen LogP contribution in [0.3, 0.4) is 0 Å². The lowest BCUT2D eigenvalue weighted by atomic mass is 9.97. The number of hydrogen-bond acceptors (Lipinski definition) is 2. The van der Waals surface area contributed by atoms with E-state index in [1.165, 1.54) is 0 Å². The van der Waals surface area contributed by atoms with Crippen molar-refractivity contribution in [3.63, 3.8) is 0 Å². The summed E-state index contributed by atoms with van der Waals surface area (Å²) in [6.45, 7) is -0.0825. The Balaban J connectivity index is 2.36. The van der Waals surface area contributed by atoms with E-state index in [2.05, 4.69) is 0 Å². The van der Waals surface area contributed by atoms with Crippen LogP contribution in [0, 0.1) is 0 Å². The van der Waals surface area contributed by atoms with E-state index >= 15 is 0 Å². The molecule has 0 heterocycles. The minimum atomic E-state index is -0.740. The quantitative estimate of drug-likeness (QED) is 0.877. The summed E-state index contributed by atoms with van der Waals surface area (Å²) >= 11 is 5.80. The zero-order valence-corrected chi connectivity index (χ0v) is 9.93. The van der Waals surface area contributed by atoms with Gasteiger partial charge in [-0.15, -0.1) is 0 Å². The molecule has 88 valence electrons. The summed E-state index contributed by atoms with van der Waals surface area (Å²) in [5, 5.41) is 20.1. The first kappa shape index (κ1) is 12.1. The highest BCUT2D eigenvalue weighted by Crippen LogP contribution is 2.25. The topological polar surface area (TPSA) is 40.5 Å². The molecular weight excluding hydrogens is 236 g/mol. The second kappa shape index (κ2) is 5.32. The fraction of sp³-hybridized carbons (Fsp3) is 0.143. The summed E-state index contributed by atoms with van der Waals surface area (Å²) in [6, 6.07) is 14.3. The van der Waals surface area contributed by atoms with Gasteiger partial charge in [0.15, 0.2) is 0 Å². The minimum absolute atomic E-state index is 0.0825. The molecule has 0 saturated heterocycles. The number of aliphatic hydroxyl groups excluding tert-OH is 2. The van der Waals surface area contributed by atoms with Crippen molar-refractivity contribution in [1.29, 1.82) is 0 Å². The largest absolute Gasteiger partial charge is 0.392 e. The second-order valence-corrected chi connectivity index (χ2v) is 4.25. The van der Waals surface area contributed by atoms with Gasteiger partial charge in [0, 0.05) is 5.02 Å². The van der Waals surface area contributed by atoms with Gasteiger partial charge in [-0.3, -0.25) is 0 Å². The fourth-order valence-corrected chi connectivity index (χ4v) is 1.90. The summed E-state index contributed by atoms with van der Waals surface area (Å²) in [6.07, 6.45) is -0.740. The Bertz CT molecular complexity index is 494. The maximum atomic E-state index is 10.2. The van der Waals surface area contributed by atoms with Crippen LogP contribution in [0.15, 0.2) is 48.5 Å². The van der Waals surface area contributed by atoms with Gasteiger partial charge in [-0.2, -0.15) is 0 Å². The van der Waals surface area contributed by atoms with Crippen LogP contribution in [0.1, 0.15) is 22.8 Å². The summed E-state index contributed by atoms with van der Waals surface area (Å²) in [4.78, 5) is 0. The first-order valence-corrected chi connectivity index (χ1v) is 5.72. The summed E-state index contributed by atoms with van der Waals surface area (Å²) in [7, 11) is 0. The Hall–Kier alpha value is -1.35. The molecule has 3 heteroatoms. The number of rotatable bonds is 3. The molecule has 0 aliphatic heterocycles. The third-order valence-electron chi connectivity index (χ3n) is 2.71. The molecule has 2 nitrogen and oxygen atoms in total. The van der Waals surface area contributed by atoms with E-state index in [-0.39, 0.29) is 6.61 Å². The van der Waals surface area contributed by atoms with Gasteiger partial charge in [-0.25, -0.2) is 0 Å². The number of halogens is 1. The highest BCUT2D eigenvalue weighted by atomic mass is 35.5. The predicted molar refractivity (Wildman–Crippen MR) is 67.9 cm³/mol. The second-order valence-electron chi connectivity index (χ2n) is 3.81. The highest BCUT2D eigenvalue weighted by molar-refractivity contribution is 6.30. The molecule has 0 aromatic heterocycles. The lowest BCUT2D eigenvalue weighted by molar-refractivity contribution is 0.213. The maximum Gasteiger partial charge on any atom is 0.104 e. The van der Waals surface area contributed by atoms with Crippen molar-refractivity contribution in [1.82, 2.24) is 0 Å². The molecule has 0 aliphatic rings. The number of aliphatic hydroxyl groups is 2. The Morgan fingerprint density at radius 2 is 1.65 bits per heavy atom. The third-order valence-corrected chi connectivity index (χ3v) is 2.96. The van der Waals surface area contributed by atoms with Crippen LogP contribution < -0.4 is 0 Å². The van der Waals surface area contributed by atoms with Gasteiger partial charge in [0.05, 0.1) is 6.61 Å². The molecule has 0 radical (unpaired) electrons. The lowest BCUT2D eigenvalue weighted by Crippen LogP contribution is -2.03. The number of hydrogen-bond donors (Lipinski definition) is 2. The van der Waals surface area contributed by atoms with Crippen molar-refractivity contribution < 1.29 is 10.2 Å². The Morgan fingerprint density at radius 1 is 1.00 bits per heavy atom. The molecule has 0 aliphatic carbocycles. The Labute approximate surface area is 105 Å². The molecule has 0 fully saturated rings. The van der Waals surface area contributed by atoms with E-state index < -0.39 is 6.10 Å². The first-order valence-electron chi connectivity index (χ1n) is 5.34. The first-order chi connectivity index (χ1) is 8.22. The molecule has 0 saturated carbocycles. The maximum absolute atomic E-state index is 10.2. The fourth-order valence-electron chi connectivity index (χ4n) is 1.77. The molecule has 2 rings (SSSR count). The molecule has 1 atom stereocenters. The van der Waals surface area contributed by atoms with Gasteiger partial charge in [0.1, 0.15) is 6.10 Å². The van der Waals surface area contributed by atoms with Crippen LogP contribution in [-0.4, -0.2) is 10.2 Å². The van der Waals surface area contributed by atoms with Crippen LogP contribution in [0.25, 0.3) is 0 Å². The van der Waals surface area contributed by atoms with E-state index in [4.69, 9.17) is 11.6 Å². The summed E-state index contributed by atoms with van der Waals surface area (Å²) in [5.41, 5.74) is 2.21. The van der Waals surface area contributed by atoms with Gasteiger partial charge in [0.2, 0.25) is 0 Å². The normalized spacial score (nSPS) is 12.4. The molecule has 2 aromatic rings. The molecule has 2 aromatic carbocycles. The zero-order chi connectivity index (χ0) is 12.3. The van der Waals surface area contributed by atoms with E-state index in [1.54, 1.807) is 30.3 Å². The Kier molecular flexibility index (Phi) is 3.79. The van der Waals surface area contributed by atoms with Crippen LogP contribution in [-0.2, 0) is 6.61 Å². The molecule has 2 N–H and O–H groups in total. The van der Waals surface area contributed by atoms with Crippen LogP contribution in [0.4, 0.5) is 0 Å². The molecule has 0 amide bonds. The van der Waals surface area contributed by atoms with Crippen molar-refractivity contribution >= 4 is 11.6 Å². The zero-order valence-electron chi connectivity index (χ0n) is 9.18.